The molecule has 0 amide bonds. The van der Waals surface area contributed by atoms with E-state index in [-0.39, 0.29) is 12.2 Å². The molecule has 1 aliphatic carbocycles. The highest BCUT2D eigenvalue weighted by atomic mass is 16.4. The standard InChI is InChI=1S/C21H33BN2O4/c23-21(20(25)26,11-3-4-12-22(27)28)18-9-13-24(14-10-18)19-8-7-16-5-1-2-6-17(16)15-19/h1-2,5-6,18-19,27-28H,3-4,7-15,23H2,(H,25,26). The molecule has 0 aromatic heterocycles. The maximum Gasteiger partial charge on any atom is 0.451 e. The van der Waals surface area contributed by atoms with Crippen molar-refractivity contribution in [3.05, 3.63) is 35.4 Å². The molecule has 1 aliphatic heterocycles. The monoisotopic (exact) mass is 388 g/mol. The van der Waals surface area contributed by atoms with Gasteiger partial charge in [-0.25, -0.2) is 0 Å². The van der Waals surface area contributed by atoms with Crippen LogP contribution in [0.1, 0.15) is 49.7 Å². The maximum atomic E-state index is 11.9. The minimum absolute atomic E-state index is 0.0313. The number of unbranched alkanes of at least 4 members (excludes halogenated alkanes) is 1. The van der Waals surface area contributed by atoms with Crippen molar-refractivity contribution in [1.82, 2.24) is 4.90 Å². The van der Waals surface area contributed by atoms with Crippen molar-refractivity contribution in [1.29, 1.82) is 0 Å². The second-order valence-electron chi connectivity index (χ2n) is 8.55. The van der Waals surface area contributed by atoms with Gasteiger partial charge in [0.05, 0.1) is 0 Å². The van der Waals surface area contributed by atoms with Crippen LogP contribution < -0.4 is 5.73 Å². The van der Waals surface area contributed by atoms with Crippen molar-refractivity contribution in [3.63, 3.8) is 0 Å². The Morgan fingerprint density at radius 3 is 2.46 bits per heavy atom. The van der Waals surface area contributed by atoms with Crippen LogP contribution >= 0.6 is 0 Å². The molecule has 1 aromatic carbocycles. The van der Waals surface area contributed by atoms with Gasteiger partial charge in [0.2, 0.25) is 0 Å². The molecule has 2 aliphatic rings. The number of carbonyl (C=O) groups is 1. The van der Waals surface area contributed by atoms with E-state index in [0.29, 0.717) is 25.3 Å². The molecule has 1 heterocycles. The zero-order valence-corrected chi connectivity index (χ0v) is 16.6. The number of benzene rings is 1. The summed E-state index contributed by atoms with van der Waals surface area (Å²) in [5, 5.41) is 27.7. The number of carboxylic acids is 1. The molecule has 0 saturated carbocycles. The quantitative estimate of drug-likeness (QED) is 0.399. The lowest BCUT2D eigenvalue weighted by atomic mass is 9.74. The lowest BCUT2D eigenvalue weighted by Gasteiger charge is -2.43. The number of aliphatic carboxylic acids is 1. The number of fused-ring (bicyclic) bond motifs is 1. The first-order valence-electron chi connectivity index (χ1n) is 10.6. The average molecular weight is 388 g/mol. The summed E-state index contributed by atoms with van der Waals surface area (Å²) >= 11 is 0. The number of likely N-dealkylation sites (tertiary alicyclic amines) is 1. The van der Waals surface area contributed by atoms with Gasteiger partial charge in [-0.2, -0.15) is 0 Å². The molecule has 0 bridgehead atoms. The Hall–Kier alpha value is -1.41. The Labute approximate surface area is 167 Å². The fourth-order valence-corrected chi connectivity index (χ4v) is 5.00. The molecule has 7 heteroatoms. The summed E-state index contributed by atoms with van der Waals surface area (Å²) in [6.07, 6.45) is 6.80. The molecule has 0 spiro atoms. The molecule has 6 nitrogen and oxygen atoms in total. The Kier molecular flexibility index (Phi) is 7.15. The maximum absolute atomic E-state index is 11.9. The summed E-state index contributed by atoms with van der Waals surface area (Å²) in [6.45, 7) is 1.80. The Morgan fingerprint density at radius 2 is 1.82 bits per heavy atom. The van der Waals surface area contributed by atoms with Crippen LogP contribution in [0.4, 0.5) is 0 Å². The van der Waals surface area contributed by atoms with Gasteiger partial charge >= 0.3 is 13.1 Å². The van der Waals surface area contributed by atoms with Crippen molar-refractivity contribution in [2.45, 2.75) is 69.3 Å². The Balaban J connectivity index is 1.53. The fourth-order valence-electron chi connectivity index (χ4n) is 5.00. The number of hydrogen-bond donors (Lipinski definition) is 4. The van der Waals surface area contributed by atoms with Crippen molar-refractivity contribution in [3.8, 4) is 0 Å². The second-order valence-corrected chi connectivity index (χ2v) is 8.55. The van der Waals surface area contributed by atoms with Gasteiger partial charge in [-0.15, -0.1) is 0 Å². The summed E-state index contributed by atoms with van der Waals surface area (Å²) in [5.74, 6) is -0.960. The third-order valence-corrected chi connectivity index (χ3v) is 6.80. The fraction of sp³-hybridized carbons (Fsp3) is 0.667. The number of aryl methyl sites for hydroxylation is 1. The highest BCUT2D eigenvalue weighted by Crippen LogP contribution is 2.34. The van der Waals surface area contributed by atoms with Gasteiger partial charge in [-0.05, 0) is 75.0 Å². The van der Waals surface area contributed by atoms with Gasteiger partial charge < -0.3 is 25.8 Å². The molecule has 154 valence electrons. The first-order valence-corrected chi connectivity index (χ1v) is 10.6. The van der Waals surface area contributed by atoms with Crippen LogP contribution in [0.2, 0.25) is 6.32 Å². The first kappa shape index (κ1) is 21.3. The van der Waals surface area contributed by atoms with Crippen molar-refractivity contribution < 1.29 is 19.9 Å². The highest BCUT2D eigenvalue weighted by Gasteiger charge is 2.43. The van der Waals surface area contributed by atoms with E-state index in [4.69, 9.17) is 15.8 Å². The molecule has 1 saturated heterocycles. The first-order chi connectivity index (χ1) is 13.4. The van der Waals surface area contributed by atoms with E-state index in [1.165, 1.54) is 11.1 Å². The van der Waals surface area contributed by atoms with Gasteiger partial charge in [0.15, 0.2) is 0 Å². The van der Waals surface area contributed by atoms with E-state index in [9.17, 15) is 9.90 Å². The molecular formula is C21H33BN2O4. The lowest BCUT2D eigenvalue weighted by molar-refractivity contribution is -0.147. The summed E-state index contributed by atoms with van der Waals surface area (Å²) in [6, 6.07) is 9.21. The normalized spacial score (nSPS) is 23.0. The number of nitrogens with two attached hydrogens (primary N) is 1. The van der Waals surface area contributed by atoms with E-state index in [1.54, 1.807) is 0 Å². The molecule has 28 heavy (non-hydrogen) atoms. The van der Waals surface area contributed by atoms with Crippen molar-refractivity contribution >= 4 is 13.1 Å². The minimum Gasteiger partial charge on any atom is -0.480 e. The zero-order chi connectivity index (χ0) is 20.1. The summed E-state index contributed by atoms with van der Waals surface area (Å²) in [7, 11) is -1.33. The van der Waals surface area contributed by atoms with Gasteiger partial charge in [0, 0.05) is 6.04 Å². The van der Waals surface area contributed by atoms with Crippen LogP contribution in [-0.2, 0) is 17.6 Å². The van der Waals surface area contributed by atoms with E-state index in [2.05, 4.69) is 29.2 Å². The molecule has 3 rings (SSSR count). The van der Waals surface area contributed by atoms with Crippen molar-refractivity contribution in [2.75, 3.05) is 13.1 Å². The lowest BCUT2D eigenvalue weighted by Crippen LogP contribution is -2.57. The third kappa shape index (κ3) is 4.95. The summed E-state index contributed by atoms with van der Waals surface area (Å²) in [5.41, 5.74) is 8.08. The Morgan fingerprint density at radius 1 is 1.14 bits per heavy atom. The Bertz CT molecular complexity index is 664. The number of hydrogen-bond acceptors (Lipinski definition) is 5. The molecular weight excluding hydrogens is 355 g/mol. The van der Waals surface area contributed by atoms with Crippen LogP contribution in [0.15, 0.2) is 24.3 Å². The van der Waals surface area contributed by atoms with Crippen LogP contribution in [0, 0.1) is 5.92 Å². The predicted molar refractivity (Wildman–Crippen MR) is 110 cm³/mol. The third-order valence-electron chi connectivity index (χ3n) is 6.80. The van der Waals surface area contributed by atoms with Crippen LogP contribution in [0.5, 0.6) is 0 Å². The van der Waals surface area contributed by atoms with Gasteiger partial charge in [0.1, 0.15) is 5.54 Å². The predicted octanol–water partition coefficient (Wildman–Crippen LogP) is 1.68. The average Bonchev–Trinajstić information content (AvgIpc) is 2.70. The molecule has 5 N–H and O–H groups in total. The minimum atomic E-state index is -1.33. The van der Waals surface area contributed by atoms with E-state index in [1.807, 2.05) is 0 Å². The highest BCUT2D eigenvalue weighted by molar-refractivity contribution is 6.40. The summed E-state index contributed by atoms with van der Waals surface area (Å²) < 4.78 is 0. The SMILES string of the molecule is NC(CCCCB(O)O)(C(=O)O)C1CCN(C2CCc3ccccc3C2)CC1. The van der Waals surface area contributed by atoms with E-state index in [0.717, 1.165) is 45.2 Å². The van der Waals surface area contributed by atoms with Crippen LogP contribution in [0.3, 0.4) is 0 Å². The second kappa shape index (κ2) is 9.40. The smallest absolute Gasteiger partial charge is 0.451 e. The van der Waals surface area contributed by atoms with Gasteiger partial charge in [-0.1, -0.05) is 37.1 Å². The zero-order valence-electron chi connectivity index (χ0n) is 16.6. The molecule has 0 radical (unpaired) electrons. The van der Waals surface area contributed by atoms with Crippen LogP contribution in [0.25, 0.3) is 0 Å². The van der Waals surface area contributed by atoms with Crippen LogP contribution in [-0.4, -0.2) is 57.8 Å². The number of nitrogens with zero attached hydrogens (tertiary/aromatic N) is 1. The molecule has 2 unspecified atom stereocenters. The molecule has 2 atom stereocenters. The number of carboxylic acid groups (broad SMARTS) is 1. The van der Waals surface area contributed by atoms with Gasteiger partial charge in [-0.3, -0.25) is 4.79 Å². The number of rotatable bonds is 8. The molecule has 1 aromatic rings. The molecule has 1 fully saturated rings. The summed E-state index contributed by atoms with van der Waals surface area (Å²) in [4.78, 5) is 14.5. The van der Waals surface area contributed by atoms with E-state index >= 15 is 0 Å². The largest absolute Gasteiger partial charge is 0.480 e. The number of piperidine rings is 1. The van der Waals surface area contributed by atoms with E-state index < -0.39 is 18.6 Å². The van der Waals surface area contributed by atoms with Gasteiger partial charge in [0.25, 0.3) is 0 Å². The van der Waals surface area contributed by atoms with Crippen molar-refractivity contribution in [2.24, 2.45) is 11.7 Å². The topological polar surface area (TPSA) is 107 Å².